The van der Waals surface area contributed by atoms with Crippen LogP contribution < -0.4 is 10.1 Å². The first-order valence-electron chi connectivity index (χ1n) is 6.87. The fraction of sp³-hybridized carbons (Fsp3) is 0.267. The Labute approximate surface area is 127 Å². The van der Waals surface area contributed by atoms with E-state index < -0.39 is 0 Å². The molecule has 3 aromatic rings. The molecule has 0 unspecified atom stereocenters. The zero-order chi connectivity index (χ0) is 15.5. The second-order valence-corrected chi connectivity index (χ2v) is 4.89. The number of ether oxygens (including phenoxy) is 1. The molecule has 0 bridgehead atoms. The molecule has 7 heteroatoms. The van der Waals surface area contributed by atoms with Crippen LogP contribution in [0.2, 0.25) is 0 Å². The van der Waals surface area contributed by atoms with Crippen molar-refractivity contribution >= 4 is 6.01 Å². The SMILES string of the molecule is COc1cccc(-c2noc(NCc3cnn(C)c3C)n2)c1. The summed E-state index contributed by atoms with van der Waals surface area (Å²) in [6.07, 6.45) is 1.82. The Hall–Kier alpha value is -2.83. The first kappa shape index (κ1) is 14.1. The first-order chi connectivity index (χ1) is 10.7. The number of hydrogen-bond donors (Lipinski definition) is 1. The van der Waals surface area contributed by atoms with Crippen LogP contribution in [0.1, 0.15) is 11.3 Å². The number of aromatic nitrogens is 4. The summed E-state index contributed by atoms with van der Waals surface area (Å²) in [6.45, 7) is 2.60. The van der Waals surface area contributed by atoms with Crippen LogP contribution >= 0.6 is 0 Å². The van der Waals surface area contributed by atoms with Gasteiger partial charge >= 0.3 is 6.01 Å². The summed E-state index contributed by atoms with van der Waals surface area (Å²) < 4.78 is 12.2. The molecule has 3 rings (SSSR count). The summed E-state index contributed by atoms with van der Waals surface area (Å²) in [4.78, 5) is 4.34. The second-order valence-electron chi connectivity index (χ2n) is 4.89. The Morgan fingerprint density at radius 2 is 2.23 bits per heavy atom. The lowest BCUT2D eigenvalue weighted by molar-refractivity contribution is 0.414. The summed E-state index contributed by atoms with van der Waals surface area (Å²) >= 11 is 0. The molecule has 0 aliphatic rings. The van der Waals surface area contributed by atoms with E-state index in [4.69, 9.17) is 9.26 Å². The smallest absolute Gasteiger partial charge is 0.322 e. The van der Waals surface area contributed by atoms with Crippen LogP contribution in [0.3, 0.4) is 0 Å². The van der Waals surface area contributed by atoms with E-state index in [0.717, 1.165) is 22.6 Å². The number of methoxy groups -OCH3 is 1. The molecule has 0 fully saturated rings. The highest BCUT2D eigenvalue weighted by Gasteiger charge is 2.10. The van der Waals surface area contributed by atoms with Gasteiger partial charge in [0.25, 0.3) is 0 Å². The van der Waals surface area contributed by atoms with Crippen molar-refractivity contribution in [3.63, 3.8) is 0 Å². The molecule has 0 radical (unpaired) electrons. The van der Waals surface area contributed by atoms with Crippen molar-refractivity contribution in [3.8, 4) is 17.1 Å². The number of hydrogen-bond acceptors (Lipinski definition) is 6. The Kier molecular flexibility index (Phi) is 3.78. The number of benzene rings is 1. The first-order valence-corrected chi connectivity index (χ1v) is 6.87. The van der Waals surface area contributed by atoms with Crippen LogP contribution in [0.25, 0.3) is 11.4 Å². The summed E-state index contributed by atoms with van der Waals surface area (Å²) in [5, 5.41) is 11.3. The lowest BCUT2D eigenvalue weighted by Crippen LogP contribution is -2.01. The Balaban J connectivity index is 1.72. The molecule has 0 saturated heterocycles. The molecule has 22 heavy (non-hydrogen) atoms. The Bertz CT molecular complexity index is 778. The molecule has 114 valence electrons. The number of anilines is 1. The number of aryl methyl sites for hydroxylation is 1. The summed E-state index contributed by atoms with van der Waals surface area (Å²) in [6, 6.07) is 7.90. The highest BCUT2D eigenvalue weighted by molar-refractivity contribution is 5.57. The quantitative estimate of drug-likeness (QED) is 0.779. The molecular weight excluding hydrogens is 282 g/mol. The standard InChI is InChI=1S/C15H17N5O2/c1-10-12(9-17-20(10)2)8-16-15-18-14(19-22-15)11-5-4-6-13(7-11)21-3/h4-7,9H,8H2,1-3H3,(H,16,18,19). The van der Waals surface area contributed by atoms with Gasteiger partial charge in [-0.1, -0.05) is 17.3 Å². The minimum atomic E-state index is 0.376. The van der Waals surface area contributed by atoms with Crippen molar-refractivity contribution in [3.05, 3.63) is 41.7 Å². The second kappa shape index (κ2) is 5.88. The highest BCUT2D eigenvalue weighted by Crippen LogP contribution is 2.22. The van der Waals surface area contributed by atoms with Gasteiger partial charge in [0.2, 0.25) is 5.82 Å². The minimum absolute atomic E-state index is 0.376. The van der Waals surface area contributed by atoms with Gasteiger partial charge in [0, 0.05) is 30.4 Å². The molecule has 1 N–H and O–H groups in total. The predicted octanol–water partition coefficient (Wildman–Crippen LogP) is 2.40. The van der Waals surface area contributed by atoms with Crippen LogP contribution in [0.15, 0.2) is 35.0 Å². The maximum Gasteiger partial charge on any atom is 0.322 e. The van der Waals surface area contributed by atoms with E-state index in [1.165, 1.54) is 0 Å². The van der Waals surface area contributed by atoms with Crippen LogP contribution in [-0.4, -0.2) is 27.0 Å². The van der Waals surface area contributed by atoms with Gasteiger partial charge < -0.3 is 14.6 Å². The van der Waals surface area contributed by atoms with E-state index in [1.807, 2.05) is 49.1 Å². The molecule has 0 saturated carbocycles. The average Bonchev–Trinajstić information content (AvgIpc) is 3.14. The van der Waals surface area contributed by atoms with Crippen LogP contribution in [0.5, 0.6) is 5.75 Å². The lowest BCUT2D eigenvalue weighted by atomic mass is 10.2. The number of nitrogens with zero attached hydrogens (tertiary/aromatic N) is 4. The van der Waals surface area contributed by atoms with Gasteiger partial charge in [-0.2, -0.15) is 10.1 Å². The third kappa shape index (κ3) is 2.78. The van der Waals surface area contributed by atoms with Crippen molar-refractivity contribution in [2.24, 2.45) is 7.05 Å². The van der Waals surface area contributed by atoms with E-state index >= 15 is 0 Å². The van der Waals surface area contributed by atoms with E-state index in [2.05, 4.69) is 20.6 Å². The molecule has 0 aliphatic heterocycles. The molecule has 7 nitrogen and oxygen atoms in total. The van der Waals surface area contributed by atoms with Gasteiger partial charge in [-0.05, 0) is 19.1 Å². The van der Waals surface area contributed by atoms with Gasteiger partial charge in [0.15, 0.2) is 0 Å². The van der Waals surface area contributed by atoms with E-state index in [-0.39, 0.29) is 0 Å². The monoisotopic (exact) mass is 299 g/mol. The third-order valence-corrected chi connectivity index (χ3v) is 3.52. The fourth-order valence-corrected chi connectivity index (χ4v) is 2.06. The van der Waals surface area contributed by atoms with Gasteiger partial charge in [0.1, 0.15) is 5.75 Å². The summed E-state index contributed by atoms with van der Waals surface area (Å²) in [5.74, 6) is 1.27. The Morgan fingerprint density at radius 3 is 2.95 bits per heavy atom. The van der Waals surface area contributed by atoms with Crippen LogP contribution in [0, 0.1) is 6.92 Å². The molecule has 2 aromatic heterocycles. The highest BCUT2D eigenvalue weighted by atomic mass is 16.5. The van der Waals surface area contributed by atoms with Crippen LogP contribution in [-0.2, 0) is 13.6 Å². The van der Waals surface area contributed by atoms with Crippen molar-refractivity contribution in [1.29, 1.82) is 0 Å². The van der Waals surface area contributed by atoms with Crippen molar-refractivity contribution in [2.75, 3.05) is 12.4 Å². The topological polar surface area (TPSA) is 78.0 Å². The molecule has 0 atom stereocenters. The number of nitrogens with one attached hydrogen (secondary N) is 1. The van der Waals surface area contributed by atoms with E-state index in [1.54, 1.807) is 7.11 Å². The maximum absolute atomic E-state index is 5.22. The third-order valence-electron chi connectivity index (χ3n) is 3.52. The zero-order valence-corrected chi connectivity index (χ0v) is 12.7. The van der Waals surface area contributed by atoms with Crippen LogP contribution in [0.4, 0.5) is 6.01 Å². The van der Waals surface area contributed by atoms with Gasteiger partial charge in [-0.25, -0.2) is 0 Å². The molecular formula is C15H17N5O2. The predicted molar refractivity (Wildman–Crippen MR) is 81.6 cm³/mol. The largest absolute Gasteiger partial charge is 0.497 e. The Morgan fingerprint density at radius 1 is 1.36 bits per heavy atom. The van der Waals surface area contributed by atoms with Crippen molar-refractivity contribution in [2.45, 2.75) is 13.5 Å². The normalized spacial score (nSPS) is 10.7. The van der Waals surface area contributed by atoms with Crippen molar-refractivity contribution in [1.82, 2.24) is 19.9 Å². The maximum atomic E-state index is 5.22. The average molecular weight is 299 g/mol. The van der Waals surface area contributed by atoms with Gasteiger partial charge in [0.05, 0.1) is 13.3 Å². The molecule has 0 spiro atoms. The van der Waals surface area contributed by atoms with Crippen molar-refractivity contribution < 1.29 is 9.26 Å². The molecule has 0 amide bonds. The summed E-state index contributed by atoms with van der Waals surface area (Å²) in [7, 11) is 3.53. The number of rotatable bonds is 5. The fourth-order valence-electron chi connectivity index (χ4n) is 2.06. The lowest BCUT2D eigenvalue weighted by Gasteiger charge is -2.01. The molecule has 2 heterocycles. The van der Waals surface area contributed by atoms with Gasteiger partial charge in [-0.3, -0.25) is 4.68 Å². The molecule has 1 aromatic carbocycles. The van der Waals surface area contributed by atoms with E-state index in [0.29, 0.717) is 18.4 Å². The summed E-state index contributed by atoms with van der Waals surface area (Å²) in [5.41, 5.74) is 3.03. The molecule has 0 aliphatic carbocycles. The van der Waals surface area contributed by atoms with E-state index in [9.17, 15) is 0 Å². The minimum Gasteiger partial charge on any atom is -0.497 e. The van der Waals surface area contributed by atoms with Gasteiger partial charge in [-0.15, -0.1) is 0 Å². The zero-order valence-electron chi connectivity index (χ0n) is 12.7.